The molecule has 4 heteroatoms. The first-order valence-corrected chi connectivity index (χ1v) is 5.18. The lowest BCUT2D eigenvalue weighted by Gasteiger charge is -2.09. The van der Waals surface area contributed by atoms with Crippen LogP contribution in [0.25, 0.3) is 5.69 Å². The maximum atomic E-state index is 10.7. The number of hydrogen-bond acceptors (Lipinski definition) is 1. The average molecular weight is 236 g/mol. The molecule has 16 heavy (non-hydrogen) atoms. The quantitative estimate of drug-likeness (QED) is 0.889. The molecule has 3 nitrogen and oxygen atoms in total. The van der Waals surface area contributed by atoms with Gasteiger partial charge in [0.15, 0.2) is 0 Å². The molecule has 0 spiro atoms. The normalized spacial score (nSPS) is 10.3. The van der Waals surface area contributed by atoms with Crippen LogP contribution < -0.4 is 0 Å². The van der Waals surface area contributed by atoms with Gasteiger partial charge in [-0.25, -0.2) is 0 Å². The molecule has 2 aromatic rings. The summed E-state index contributed by atoms with van der Waals surface area (Å²) in [6.07, 6.45) is 3.71. The maximum absolute atomic E-state index is 10.7. The maximum Gasteiger partial charge on any atom is 0.307 e. The number of halogens is 1. The van der Waals surface area contributed by atoms with E-state index < -0.39 is 5.97 Å². The SMILES string of the molecule is O=C(O)Cc1cc(Cl)ccc1-n1cccc1. The summed E-state index contributed by atoms with van der Waals surface area (Å²) in [5.74, 6) is -0.865. The number of benzene rings is 1. The Morgan fingerprint density at radius 3 is 2.62 bits per heavy atom. The lowest BCUT2D eigenvalue weighted by atomic mass is 10.1. The third-order valence-corrected chi connectivity index (χ3v) is 2.50. The fourth-order valence-corrected chi connectivity index (χ4v) is 1.80. The Kier molecular flexibility index (Phi) is 2.97. The van der Waals surface area contributed by atoms with Crippen LogP contribution in [0.3, 0.4) is 0 Å². The van der Waals surface area contributed by atoms with Crippen molar-refractivity contribution in [3.05, 3.63) is 53.3 Å². The predicted molar refractivity (Wildman–Crippen MR) is 62.1 cm³/mol. The summed E-state index contributed by atoms with van der Waals surface area (Å²) in [7, 11) is 0. The fraction of sp³-hybridized carbons (Fsp3) is 0.0833. The Morgan fingerprint density at radius 2 is 2.00 bits per heavy atom. The van der Waals surface area contributed by atoms with Crippen molar-refractivity contribution in [1.82, 2.24) is 4.57 Å². The smallest absolute Gasteiger partial charge is 0.307 e. The molecule has 1 N–H and O–H groups in total. The molecule has 0 amide bonds. The molecule has 0 aliphatic carbocycles. The minimum absolute atomic E-state index is 0.0337. The van der Waals surface area contributed by atoms with E-state index in [2.05, 4.69) is 0 Å². The monoisotopic (exact) mass is 235 g/mol. The van der Waals surface area contributed by atoms with Gasteiger partial charge < -0.3 is 9.67 Å². The highest BCUT2D eigenvalue weighted by Crippen LogP contribution is 2.20. The number of aromatic nitrogens is 1. The van der Waals surface area contributed by atoms with Crippen molar-refractivity contribution in [3.8, 4) is 5.69 Å². The molecule has 0 atom stereocenters. The van der Waals surface area contributed by atoms with Crippen molar-refractivity contribution in [1.29, 1.82) is 0 Å². The molecule has 1 heterocycles. The van der Waals surface area contributed by atoms with Gasteiger partial charge >= 0.3 is 5.97 Å². The van der Waals surface area contributed by atoms with E-state index in [9.17, 15) is 4.79 Å². The molecule has 0 radical (unpaired) electrons. The average Bonchev–Trinajstić information content (AvgIpc) is 2.69. The van der Waals surface area contributed by atoms with Gasteiger partial charge in [-0.15, -0.1) is 0 Å². The zero-order valence-corrected chi connectivity index (χ0v) is 9.19. The van der Waals surface area contributed by atoms with Crippen LogP contribution in [-0.2, 0) is 11.2 Å². The number of nitrogens with zero attached hydrogens (tertiary/aromatic N) is 1. The Bertz CT molecular complexity index is 506. The first-order valence-electron chi connectivity index (χ1n) is 4.80. The minimum atomic E-state index is -0.865. The minimum Gasteiger partial charge on any atom is -0.481 e. The summed E-state index contributed by atoms with van der Waals surface area (Å²) in [5, 5.41) is 9.38. The van der Waals surface area contributed by atoms with Crippen molar-refractivity contribution in [2.75, 3.05) is 0 Å². The van der Waals surface area contributed by atoms with Crippen molar-refractivity contribution >= 4 is 17.6 Å². The van der Waals surface area contributed by atoms with Crippen molar-refractivity contribution < 1.29 is 9.90 Å². The van der Waals surface area contributed by atoms with E-state index in [1.54, 1.807) is 12.1 Å². The molecule has 82 valence electrons. The Labute approximate surface area is 97.9 Å². The van der Waals surface area contributed by atoms with Crippen LogP contribution in [0.5, 0.6) is 0 Å². The number of carboxylic acids is 1. The van der Waals surface area contributed by atoms with E-state index in [0.717, 1.165) is 5.69 Å². The highest BCUT2D eigenvalue weighted by molar-refractivity contribution is 6.30. The highest BCUT2D eigenvalue weighted by atomic mass is 35.5. The molecule has 0 unspecified atom stereocenters. The van der Waals surface area contributed by atoms with Gasteiger partial charge in [-0.2, -0.15) is 0 Å². The molecular formula is C12H10ClNO2. The van der Waals surface area contributed by atoms with E-state index in [1.807, 2.05) is 35.2 Å². The fourth-order valence-electron chi connectivity index (χ4n) is 1.61. The van der Waals surface area contributed by atoms with Crippen LogP contribution in [0.2, 0.25) is 5.02 Å². The molecule has 0 saturated heterocycles. The molecule has 0 bridgehead atoms. The number of rotatable bonds is 3. The number of carbonyl (C=O) groups is 1. The van der Waals surface area contributed by atoms with Gasteiger partial charge in [0, 0.05) is 23.1 Å². The highest BCUT2D eigenvalue weighted by Gasteiger charge is 2.08. The number of aliphatic carboxylic acids is 1. The lowest BCUT2D eigenvalue weighted by molar-refractivity contribution is -0.136. The van der Waals surface area contributed by atoms with E-state index in [0.29, 0.717) is 10.6 Å². The molecule has 0 aliphatic rings. The van der Waals surface area contributed by atoms with E-state index in [1.165, 1.54) is 0 Å². The second-order valence-corrected chi connectivity index (χ2v) is 3.87. The van der Waals surface area contributed by atoms with E-state index >= 15 is 0 Å². The van der Waals surface area contributed by atoms with Gasteiger partial charge in [0.25, 0.3) is 0 Å². The molecule has 2 rings (SSSR count). The lowest BCUT2D eigenvalue weighted by Crippen LogP contribution is -2.04. The van der Waals surface area contributed by atoms with E-state index in [-0.39, 0.29) is 6.42 Å². The molecule has 1 aromatic carbocycles. The van der Waals surface area contributed by atoms with Crippen molar-refractivity contribution in [3.63, 3.8) is 0 Å². The third kappa shape index (κ3) is 2.25. The van der Waals surface area contributed by atoms with Gasteiger partial charge in [0.05, 0.1) is 6.42 Å². The Balaban J connectivity index is 2.48. The molecule has 0 aliphatic heterocycles. The molecule has 0 saturated carbocycles. The second-order valence-electron chi connectivity index (χ2n) is 3.43. The zero-order chi connectivity index (χ0) is 11.5. The topological polar surface area (TPSA) is 42.2 Å². The summed E-state index contributed by atoms with van der Waals surface area (Å²) in [5.41, 5.74) is 1.55. The third-order valence-electron chi connectivity index (χ3n) is 2.27. The predicted octanol–water partition coefficient (Wildman–Crippen LogP) is 2.76. The number of hydrogen-bond donors (Lipinski definition) is 1. The standard InChI is InChI=1S/C12H10ClNO2/c13-10-3-4-11(14-5-1-2-6-14)9(7-10)8-12(15)16/h1-7H,8H2,(H,15,16). The van der Waals surface area contributed by atoms with Crippen molar-refractivity contribution in [2.24, 2.45) is 0 Å². The largest absolute Gasteiger partial charge is 0.481 e. The van der Waals surface area contributed by atoms with Crippen LogP contribution in [-0.4, -0.2) is 15.6 Å². The van der Waals surface area contributed by atoms with Gasteiger partial charge in [-0.05, 0) is 35.9 Å². The van der Waals surface area contributed by atoms with E-state index in [4.69, 9.17) is 16.7 Å². The van der Waals surface area contributed by atoms with Crippen LogP contribution in [0.1, 0.15) is 5.56 Å². The first kappa shape index (κ1) is 10.8. The van der Waals surface area contributed by atoms with Crippen LogP contribution in [0.15, 0.2) is 42.7 Å². The zero-order valence-electron chi connectivity index (χ0n) is 8.43. The van der Waals surface area contributed by atoms with Crippen LogP contribution in [0, 0.1) is 0 Å². The summed E-state index contributed by atoms with van der Waals surface area (Å²) >= 11 is 5.86. The van der Waals surface area contributed by atoms with Gasteiger partial charge in [0.2, 0.25) is 0 Å². The molecular weight excluding hydrogens is 226 g/mol. The van der Waals surface area contributed by atoms with Gasteiger partial charge in [0.1, 0.15) is 0 Å². The van der Waals surface area contributed by atoms with Gasteiger partial charge in [-0.1, -0.05) is 11.6 Å². The van der Waals surface area contributed by atoms with Crippen LogP contribution in [0.4, 0.5) is 0 Å². The first-order chi connectivity index (χ1) is 7.66. The number of carboxylic acid groups (broad SMARTS) is 1. The molecule has 1 aromatic heterocycles. The Morgan fingerprint density at radius 1 is 1.31 bits per heavy atom. The summed E-state index contributed by atoms with van der Waals surface area (Å²) in [6, 6.07) is 9.03. The molecule has 0 fully saturated rings. The second kappa shape index (κ2) is 4.41. The van der Waals surface area contributed by atoms with Gasteiger partial charge in [-0.3, -0.25) is 4.79 Å². The summed E-state index contributed by atoms with van der Waals surface area (Å²) < 4.78 is 1.87. The summed E-state index contributed by atoms with van der Waals surface area (Å²) in [6.45, 7) is 0. The Hall–Kier alpha value is -1.74. The summed E-state index contributed by atoms with van der Waals surface area (Å²) in [4.78, 5) is 10.7. The van der Waals surface area contributed by atoms with Crippen LogP contribution >= 0.6 is 11.6 Å². The van der Waals surface area contributed by atoms with Crippen molar-refractivity contribution in [2.45, 2.75) is 6.42 Å².